The summed E-state index contributed by atoms with van der Waals surface area (Å²) in [4.78, 5) is 0. The zero-order valence-corrected chi connectivity index (χ0v) is 14.0. The molecule has 0 fully saturated rings. The third-order valence-corrected chi connectivity index (χ3v) is 4.39. The van der Waals surface area contributed by atoms with Gasteiger partial charge in [0, 0.05) is 5.92 Å². The molecule has 0 amide bonds. The molecule has 1 atom stereocenters. The summed E-state index contributed by atoms with van der Waals surface area (Å²) >= 11 is 0. The van der Waals surface area contributed by atoms with E-state index >= 15 is 0 Å². The number of phenolic OH excluding ortho intramolecular Hbond substituents is 2. The Morgan fingerprint density at radius 3 is 1.29 bits per heavy atom. The standard InChI is InChI=1S/C22H22O2/c1-15(2)22(19-9-13-21(24)14-10-19)18-5-3-16(4-6-18)17-7-11-20(23)12-8-17/h3-15,22-24H,1-2H3. The fraction of sp³-hybridized carbons (Fsp3) is 0.182. The fourth-order valence-corrected chi connectivity index (χ4v) is 3.18. The second-order valence-electron chi connectivity index (χ2n) is 6.48. The molecule has 0 saturated heterocycles. The van der Waals surface area contributed by atoms with Crippen molar-refractivity contribution in [2.24, 2.45) is 5.92 Å². The van der Waals surface area contributed by atoms with Gasteiger partial charge in [-0.05, 0) is 52.4 Å². The number of phenols is 2. The normalized spacial score (nSPS) is 12.3. The van der Waals surface area contributed by atoms with Gasteiger partial charge >= 0.3 is 0 Å². The molecule has 0 aliphatic carbocycles. The van der Waals surface area contributed by atoms with Crippen LogP contribution in [0.4, 0.5) is 0 Å². The van der Waals surface area contributed by atoms with E-state index in [0.29, 0.717) is 17.6 Å². The Morgan fingerprint density at radius 2 is 0.875 bits per heavy atom. The lowest BCUT2D eigenvalue weighted by molar-refractivity contribution is 0.474. The van der Waals surface area contributed by atoms with Crippen LogP contribution in [0.1, 0.15) is 30.9 Å². The summed E-state index contributed by atoms with van der Waals surface area (Å²) in [5.74, 6) is 1.32. The molecule has 3 aromatic rings. The summed E-state index contributed by atoms with van der Waals surface area (Å²) in [6.45, 7) is 4.43. The second kappa shape index (κ2) is 6.79. The predicted molar refractivity (Wildman–Crippen MR) is 98.3 cm³/mol. The summed E-state index contributed by atoms with van der Waals surface area (Å²) in [6, 6.07) is 23.3. The van der Waals surface area contributed by atoms with Crippen LogP contribution in [0.15, 0.2) is 72.8 Å². The van der Waals surface area contributed by atoms with E-state index in [9.17, 15) is 10.2 Å². The molecule has 0 saturated carbocycles. The minimum Gasteiger partial charge on any atom is -0.508 e. The quantitative estimate of drug-likeness (QED) is 0.662. The van der Waals surface area contributed by atoms with Crippen molar-refractivity contribution < 1.29 is 10.2 Å². The molecule has 3 rings (SSSR count). The van der Waals surface area contributed by atoms with E-state index in [4.69, 9.17) is 0 Å². The van der Waals surface area contributed by atoms with Crippen molar-refractivity contribution in [2.75, 3.05) is 0 Å². The summed E-state index contributed by atoms with van der Waals surface area (Å²) < 4.78 is 0. The van der Waals surface area contributed by atoms with Crippen LogP contribution in [0.2, 0.25) is 0 Å². The maximum atomic E-state index is 9.51. The van der Waals surface area contributed by atoms with E-state index in [0.717, 1.165) is 11.1 Å². The first-order valence-corrected chi connectivity index (χ1v) is 8.23. The highest BCUT2D eigenvalue weighted by atomic mass is 16.3. The lowest BCUT2D eigenvalue weighted by atomic mass is 9.82. The van der Waals surface area contributed by atoms with Gasteiger partial charge in [-0.2, -0.15) is 0 Å². The van der Waals surface area contributed by atoms with E-state index in [1.54, 1.807) is 24.3 Å². The SMILES string of the molecule is CC(C)C(c1ccc(O)cc1)c1ccc(-c2ccc(O)cc2)cc1. The molecule has 0 aliphatic heterocycles. The van der Waals surface area contributed by atoms with Gasteiger partial charge < -0.3 is 10.2 Å². The van der Waals surface area contributed by atoms with Crippen LogP contribution in [0.3, 0.4) is 0 Å². The number of benzene rings is 3. The first-order chi connectivity index (χ1) is 11.5. The zero-order valence-electron chi connectivity index (χ0n) is 14.0. The summed E-state index contributed by atoms with van der Waals surface area (Å²) in [5, 5.41) is 18.9. The van der Waals surface area contributed by atoms with Crippen LogP contribution in [-0.4, -0.2) is 10.2 Å². The molecule has 2 nitrogen and oxygen atoms in total. The maximum Gasteiger partial charge on any atom is 0.115 e. The van der Waals surface area contributed by atoms with Crippen LogP contribution in [-0.2, 0) is 0 Å². The summed E-state index contributed by atoms with van der Waals surface area (Å²) in [5.41, 5.74) is 4.69. The summed E-state index contributed by atoms with van der Waals surface area (Å²) in [7, 11) is 0. The molecule has 122 valence electrons. The highest BCUT2D eigenvalue weighted by Gasteiger charge is 2.18. The van der Waals surface area contributed by atoms with Crippen molar-refractivity contribution in [1.29, 1.82) is 0 Å². The Labute approximate surface area is 143 Å². The van der Waals surface area contributed by atoms with Gasteiger partial charge in [-0.3, -0.25) is 0 Å². The minimum atomic E-state index is 0.280. The van der Waals surface area contributed by atoms with Gasteiger partial charge in [0.15, 0.2) is 0 Å². The molecule has 0 aromatic heterocycles. The van der Waals surface area contributed by atoms with E-state index in [-0.39, 0.29) is 5.75 Å². The molecular formula is C22H22O2. The Hall–Kier alpha value is -2.74. The maximum absolute atomic E-state index is 9.51. The molecule has 0 spiro atoms. The van der Waals surface area contributed by atoms with Crippen molar-refractivity contribution in [1.82, 2.24) is 0 Å². The number of aromatic hydroxyl groups is 2. The third-order valence-electron chi connectivity index (χ3n) is 4.39. The topological polar surface area (TPSA) is 40.5 Å². The molecule has 0 aliphatic rings. The van der Waals surface area contributed by atoms with Gasteiger partial charge in [-0.25, -0.2) is 0 Å². The van der Waals surface area contributed by atoms with E-state index < -0.39 is 0 Å². The molecular weight excluding hydrogens is 296 g/mol. The molecule has 0 radical (unpaired) electrons. The van der Waals surface area contributed by atoms with Crippen LogP contribution in [0, 0.1) is 5.92 Å². The van der Waals surface area contributed by atoms with Crippen LogP contribution >= 0.6 is 0 Å². The lowest BCUT2D eigenvalue weighted by Gasteiger charge is -2.22. The van der Waals surface area contributed by atoms with Crippen molar-refractivity contribution in [2.45, 2.75) is 19.8 Å². The molecule has 0 heterocycles. The molecule has 2 heteroatoms. The fourth-order valence-electron chi connectivity index (χ4n) is 3.18. The van der Waals surface area contributed by atoms with Gasteiger partial charge in [-0.15, -0.1) is 0 Å². The molecule has 0 bridgehead atoms. The molecule has 2 N–H and O–H groups in total. The Bertz CT molecular complexity index is 785. The smallest absolute Gasteiger partial charge is 0.115 e. The average molecular weight is 318 g/mol. The highest BCUT2D eigenvalue weighted by Crippen LogP contribution is 2.34. The van der Waals surface area contributed by atoms with Crippen molar-refractivity contribution >= 4 is 0 Å². The first kappa shape index (κ1) is 16.1. The van der Waals surface area contributed by atoms with Gasteiger partial charge in [0.25, 0.3) is 0 Å². The third kappa shape index (κ3) is 3.43. The highest BCUT2D eigenvalue weighted by molar-refractivity contribution is 5.64. The lowest BCUT2D eigenvalue weighted by Crippen LogP contribution is -2.08. The minimum absolute atomic E-state index is 0.280. The number of hydrogen-bond donors (Lipinski definition) is 2. The summed E-state index contributed by atoms with van der Waals surface area (Å²) in [6.07, 6.45) is 0. The van der Waals surface area contributed by atoms with E-state index in [2.05, 4.69) is 38.1 Å². The predicted octanol–water partition coefficient (Wildman–Crippen LogP) is 5.55. The number of rotatable bonds is 4. The largest absolute Gasteiger partial charge is 0.508 e. The van der Waals surface area contributed by atoms with Crippen molar-refractivity contribution in [3.8, 4) is 22.6 Å². The van der Waals surface area contributed by atoms with Gasteiger partial charge in [0.2, 0.25) is 0 Å². The monoisotopic (exact) mass is 318 g/mol. The van der Waals surface area contributed by atoms with Crippen molar-refractivity contribution in [3.05, 3.63) is 83.9 Å². The van der Waals surface area contributed by atoms with Crippen LogP contribution < -0.4 is 0 Å². The van der Waals surface area contributed by atoms with Gasteiger partial charge in [0.05, 0.1) is 0 Å². The molecule has 24 heavy (non-hydrogen) atoms. The zero-order chi connectivity index (χ0) is 17.1. The van der Waals surface area contributed by atoms with Crippen LogP contribution in [0.25, 0.3) is 11.1 Å². The molecule has 3 aromatic carbocycles. The average Bonchev–Trinajstić information content (AvgIpc) is 2.58. The van der Waals surface area contributed by atoms with E-state index in [1.165, 1.54) is 11.1 Å². The molecule has 1 unspecified atom stereocenters. The van der Waals surface area contributed by atoms with Crippen molar-refractivity contribution in [3.63, 3.8) is 0 Å². The first-order valence-electron chi connectivity index (χ1n) is 8.23. The Balaban J connectivity index is 1.92. The van der Waals surface area contributed by atoms with Crippen LogP contribution in [0.5, 0.6) is 11.5 Å². The second-order valence-corrected chi connectivity index (χ2v) is 6.48. The Kier molecular flexibility index (Phi) is 4.57. The van der Waals surface area contributed by atoms with E-state index in [1.807, 2.05) is 24.3 Å². The Morgan fingerprint density at radius 1 is 0.542 bits per heavy atom. The van der Waals surface area contributed by atoms with Gasteiger partial charge in [0.1, 0.15) is 11.5 Å². The number of hydrogen-bond acceptors (Lipinski definition) is 2. The van der Waals surface area contributed by atoms with Gasteiger partial charge in [-0.1, -0.05) is 62.4 Å².